The van der Waals surface area contributed by atoms with Gasteiger partial charge in [0.25, 0.3) is 5.91 Å². The van der Waals surface area contributed by atoms with Crippen LogP contribution in [0.2, 0.25) is 0 Å². The summed E-state index contributed by atoms with van der Waals surface area (Å²) in [4.78, 5) is 11.8. The van der Waals surface area contributed by atoms with Gasteiger partial charge in [0.1, 0.15) is 11.5 Å². The normalized spacial score (nSPS) is 10.3. The number of phenolic OH excluding ortho intramolecular Hbond substituents is 2. The summed E-state index contributed by atoms with van der Waals surface area (Å²) in [5, 5.41) is 25.3. The molecule has 3 N–H and O–H groups in total. The molecule has 0 saturated heterocycles. The van der Waals surface area contributed by atoms with Gasteiger partial charge in [0, 0.05) is 37.1 Å². The van der Waals surface area contributed by atoms with E-state index in [1.165, 1.54) is 18.2 Å². The van der Waals surface area contributed by atoms with E-state index in [9.17, 15) is 15.0 Å². The third-order valence-electron chi connectivity index (χ3n) is 2.57. The number of nitrogens with zero attached hydrogens (tertiary/aromatic N) is 2. The minimum atomic E-state index is -0.327. The summed E-state index contributed by atoms with van der Waals surface area (Å²) in [5.74, 6) is -0.602. The number of aromatic nitrogens is 2. The van der Waals surface area contributed by atoms with E-state index in [1.54, 1.807) is 10.9 Å². The van der Waals surface area contributed by atoms with Crippen molar-refractivity contribution in [3.05, 3.63) is 42.2 Å². The van der Waals surface area contributed by atoms with Gasteiger partial charge in [-0.15, -0.1) is 0 Å². The highest BCUT2D eigenvalue weighted by molar-refractivity contribution is 5.94. The quantitative estimate of drug-likeness (QED) is 0.704. The third kappa shape index (κ3) is 3.74. The Labute approximate surface area is 110 Å². The molecule has 1 aromatic carbocycles. The van der Waals surface area contributed by atoms with Crippen LogP contribution >= 0.6 is 0 Å². The van der Waals surface area contributed by atoms with Crippen LogP contribution in [-0.4, -0.2) is 32.4 Å². The molecule has 2 aromatic rings. The van der Waals surface area contributed by atoms with Crippen molar-refractivity contribution in [1.29, 1.82) is 0 Å². The number of benzene rings is 1. The first-order valence-corrected chi connectivity index (χ1v) is 5.94. The summed E-state index contributed by atoms with van der Waals surface area (Å²) in [6, 6.07) is 5.63. The number of hydrogen-bond donors (Lipinski definition) is 3. The fourth-order valence-corrected chi connectivity index (χ4v) is 1.70. The number of aryl methyl sites for hydroxylation is 1. The molecule has 1 aromatic heterocycles. The van der Waals surface area contributed by atoms with Gasteiger partial charge in [-0.05, 0) is 24.6 Å². The standard InChI is InChI=1S/C13H15N3O3/c17-11-7-10(8-12(18)9-11)13(19)14-3-1-5-16-6-2-4-15-16/h2,4,6-9,17-18H,1,3,5H2,(H,14,19). The number of carbonyl (C=O) groups excluding carboxylic acids is 1. The van der Waals surface area contributed by atoms with Crippen LogP contribution in [0.5, 0.6) is 11.5 Å². The molecule has 6 nitrogen and oxygen atoms in total. The van der Waals surface area contributed by atoms with E-state index in [2.05, 4.69) is 10.4 Å². The molecule has 19 heavy (non-hydrogen) atoms. The molecule has 0 aliphatic rings. The summed E-state index contributed by atoms with van der Waals surface area (Å²) >= 11 is 0. The Balaban J connectivity index is 1.80. The fraction of sp³-hybridized carbons (Fsp3) is 0.231. The predicted molar refractivity (Wildman–Crippen MR) is 68.9 cm³/mol. The van der Waals surface area contributed by atoms with Gasteiger partial charge in [-0.2, -0.15) is 5.10 Å². The van der Waals surface area contributed by atoms with Gasteiger partial charge in [-0.1, -0.05) is 0 Å². The van der Waals surface area contributed by atoms with Gasteiger partial charge in [0.05, 0.1) is 0 Å². The topological polar surface area (TPSA) is 87.4 Å². The number of aromatic hydroxyl groups is 2. The molecule has 100 valence electrons. The molecule has 0 aliphatic carbocycles. The maximum Gasteiger partial charge on any atom is 0.251 e. The molecule has 0 aliphatic heterocycles. The van der Waals surface area contributed by atoms with Crippen molar-refractivity contribution in [3.8, 4) is 11.5 Å². The van der Waals surface area contributed by atoms with E-state index in [1.807, 2.05) is 12.3 Å². The highest BCUT2D eigenvalue weighted by atomic mass is 16.3. The number of phenols is 2. The lowest BCUT2D eigenvalue weighted by Gasteiger charge is -2.06. The zero-order chi connectivity index (χ0) is 13.7. The molecule has 6 heteroatoms. The van der Waals surface area contributed by atoms with E-state index < -0.39 is 0 Å². The fourth-order valence-electron chi connectivity index (χ4n) is 1.70. The van der Waals surface area contributed by atoms with Gasteiger partial charge in [0.2, 0.25) is 0 Å². The highest BCUT2D eigenvalue weighted by Crippen LogP contribution is 2.20. The molecule has 0 radical (unpaired) electrons. The Morgan fingerprint density at radius 1 is 1.26 bits per heavy atom. The summed E-state index contributed by atoms with van der Waals surface area (Å²) in [6.45, 7) is 1.22. The van der Waals surface area contributed by atoms with E-state index in [4.69, 9.17) is 0 Å². The van der Waals surface area contributed by atoms with Crippen LogP contribution in [-0.2, 0) is 6.54 Å². The second-order valence-corrected chi connectivity index (χ2v) is 4.12. The third-order valence-corrected chi connectivity index (χ3v) is 2.57. The van der Waals surface area contributed by atoms with Crippen LogP contribution in [0.3, 0.4) is 0 Å². The summed E-state index contributed by atoms with van der Waals surface area (Å²) < 4.78 is 1.78. The van der Waals surface area contributed by atoms with E-state index >= 15 is 0 Å². The Morgan fingerprint density at radius 2 is 2.00 bits per heavy atom. The molecule has 0 atom stereocenters. The van der Waals surface area contributed by atoms with Crippen LogP contribution in [0.25, 0.3) is 0 Å². The lowest BCUT2D eigenvalue weighted by Crippen LogP contribution is -2.25. The molecule has 0 fully saturated rings. The van der Waals surface area contributed by atoms with E-state index in [-0.39, 0.29) is 23.0 Å². The summed E-state index contributed by atoms with van der Waals surface area (Å²) in [7, 11) is 0. The molecule has 1 amide bonds. The minimum absolute atomic E-state index is 0.137. The number of carbonyl (C=O) groups is 1. The first kappa shape index (κ1) is 12.9. The van der Waals surface area contributed by atoms with Gasteiger partial charge >= 0.3 is 0 Å². The van der Waals surface area contributed by atoms with E-state index in [0.717, 1.165) is 13.0 Å². The second-order valence-electron chi connectivity index (χ2n) is 4.12. The number of amides is 1. The maximum absolute atomic E-state index is 11.8. The molecule has 2 rings (SSSR count). The monoisotopic (exact) mass is 261 g/mol. The van der Waals surface area contributed by atoms with Crippen LogP contribution < -0.4 is 5.32 Å². The van der Waals surface area contributed by atoms with Crippen LogP contribution in [0, 0.1) is 0 Å². The average molecular weight is 261 g/mol. The van der Waals surface area contributed by atoms with Crippen molar-refractivity contribution < 1.29 is 15.0 Å². The minimum Gasteiger partial charge on any atom is -0.508 e. The first-order chi connectivity index (χ1) is 9.15. The van der Waals surface area contributed by atoms with Crippen LogP contribution in [0.1, 0.15) is 16.8 Å². The average Bonchev–Trinajstić information content (AvgIpc) is 2.86. The van der Waals surface area contributed by atoms with Crippen molar-refractivity contribution in [2.75, 3.05) is 6.54 Å². The largest absolute Gasteiger partial charge is 0.508 e. The molecule has 0 unspecified atom stereocenters. The lowest BCUT2D eigenvalue weighted by molar-refractivity contribution is 0.0952. The highest BCUT2D eigenvalue weighted by Gasteiger charge is 2.07. The molecule has 0 saturated carbocycles. The Bertz CT molecular complexity index is 532. The molecule has 0 spiro atoms. The van der Waals surface area contributed by atoms with Crippen molar-refractivity contribution >= 4 is 5.91 Å². The first-order valence-electron chi connectivity index (χ1n) is 5.94. The van der Waals surface area contributed by atoms with Gasteiger partial charge in [-0.25, -0.2) is 0 Å². The van der Waals surface area contributed by atoms with Crippen molar-refractivity contribution in [3.63, 3.8) is 0 Å². The molecular weight excluding hydrogens is 246 g/mol. The van der Waals surface area contributed by atoms with Crippen LogP contribution in [0.4, 0.5) is 0 Å². The molecular formula is C13H15N3O3. The number of hydrogen-bond acceptors (Lipinski definition) is 4. The number of nitrogens with one attached hydrogen (secondary N) is 1. The second kappa shape index (κ2) is 5.90. The molecule has 0 bridgehead atoms. The lowest BCUT2D eigenvalue weighted by atomic mass is 10.2. The Morgan fingerprint density at radius 3 is 2.63 bits per heavy atom. The van der Waals surface area contributed by atoms with E-state index in [0.29, 0.717) is 6.54 Å². The van der Waals surface area contributed by atoms with Crippen molar-refractivity contribution in [2.45, 2.75) is 13.0 Å². The zero-order valence-corrected chi connectivity index (χ0v) is 10.3. The van der Waals surface area contributed by atoms with Gasteiger partial charge < -0.3 is 15.5 Å². The van der Waals surface area contributed by atoms with Crippen molar-refractivity contribution in [2.24, 2.45) is 0 Å². The number of rotatable bonds is 5. The Kier molecular flexibility index (Phi) is 4.02. The van der Waals surface area contributed by atoms with Crippen LogP contribution in [0.15, 0.2) is 36.7 Å². The zero-order valence-electron chi connectivity index (χ0n) is 10.3. The van der Waals surface area contributed by atoms with Gasteiger partial charge in [0.15, 0.2) is 0 Å². The molecule has 1 heterocycles. The summed E-state index contributed by atoms with van der Waals surface area (Å²) in [6.07, 6.45) is 4.31. The Hall–Kier alpha value is -2.50. The van der Waals surface area contributed by atoms with Gasteiger partial charge in [-0.3, -0.25) is 9.48 Å². The predicted octanol–water partition coefficient (Wildman–Crippen LogP) is 1.11. The van der Waals surface area contributed by atoms with Crippen molar-refractivity contribution in [1.82, 2.24) is 15.1 Å². The SMILES string of the molecule is O=C(NCCCn1cccn1)c1cc(O)cc(O)c1. The maximum atomic E-state index is 11.8. The smallest absolute Gasteiger partial charge is 0.251 e. The summed E-state index contributed by atoms with van der Waals surface area (Å²) in [5.41, 5.74) is 0.233.